The molecule has 10 nitrogen and oxygen atoms in total. The third kappa shape index (κ3) is 4.96. The molecule has 10 heteroatoms. The first kappa shape index (κ1) is 22.3. The number of nitrogens with zero attached hydrogens (tertiary/aromatic N) is 4. The predicted molar refractivity (Wildman–Crippen MR) is 120 cm³/mol. The van der Waals surface area contributed by atoms with Crippen LogP contribution in [0.1, 0.15) is 5.56 Å². The molecule has 1 aromatic heterocycles. The van der Waals surface area contributed by atoms with E-state index in [4.69, 9.17) is 15.2 Å². The second-order valence-corrected chi connectivity index (χ2v) is 7.71. The summed E-state index contributed by atoms with van der Waals surface area (Å²) in [5, 5.41) is 10.1. The highest BCUT2D eigenvalue weighted by Crippen LogP contribution is 2.21. The van der Waals surface area contributed by atoms with Gasteiger partial charge in [0.15, 0.2) is 6.61 Å². The van der Waals surface area contributed by atoms with Gasteiger partial charge in [-0.3, -0.25) is 9.59 Å². The van der Waals surface area contributed by atoms with Gasteiger partial charge in [-0.25, -0.2) is 9.97 Å². The van der Waals surface area contributed by atoms with Gasteiger partial charge in [0, 0.05) is 32.1 Å². The van der Waals surface area contributed by atoms with Crippen LogP contribution in [-0.4, -0.2) is 76.1 Å². The number of anilines is 1. The van der Waals surface area contributed by atoms with E-state index in [1.165, 1.54) is 30.5 Å². The molecule has 1 atom stereocenters. The van der Waals surface area contributed by atoms with Gasteiger partial charge in [0.25, 0.3) is 5.91 Å². The Bertz CT molecular complexity index is 1150. The Morgan fingerprint density at radius 1 is 1.18 bits per heavy atom. The van der Waals surface area contributed by atoms with E-state index >= 15 is 0 Å². The first-order chi connectivity index (χ1) is 16.0. The van der Waals surface area contributed by atoms with E-state index in [-0.39, 0.29) is 30.8 Å². The summed E-state index contributed by atoms with van der Waals surface area (Å²) in [5.41, 5.74) is 7.50. The number of methoxy groups -OCH3 is 1. The Balaban J connectivity index is 1.43. The molecule has 33 heavy (non-hydrogen) atoms. The highest BCUT2D eigenvalue weighted by molar-refractivity contribution is 5.90. The number of amides is 2. The average Bonchev–Trinajstić information content (AvgIpc) is 2.81. The van der Waals surface area contributed by atoms with Gasteiger partial charge in [-0.1, -0.05) is 6.07 Å². The summed E-state index contributed by atoms with van der Waals surface area (Å²) in [7, 11) is 1.50. The minimum Gasteiger partial charge on any atom is -0.508 e. The second kappa shape index (κ2) is 9.70. The summed E-state index contributed by atoms with van der Waals surface area (Å²) < 4.78 is 10.8. The Hall–Kier alpha value is -3.92. The third-order valence-electron chi connectivity index (χ3n) is 5.53. The van der Waals surface area contributed by atoms with Crippen LogP contribution in [0.4, 0.5) is 5.82 Å². The van der Waals surface area contributed by atoms with Gasteiger partial charge >= 0.3 is 0 Å². The topological polar surface area (TPSA) is 131 Å². The van der Waals surface area contributed by atoms with E-state index in [9.17, 15) is 14.7 Å². The minimum atomic E-state index is -0.738. The zero-order valence-electron chi connectivity index (χ0n) is 18.2. The average molecular weight is 451 g/mol. The second-order valence-electron chi connectivity index (χ2n) is 7.71. The largest absolute Gasteiger partial charge is 0.508 e. The highest BCUT2D eigenvalue weighted by Gasteiger charge is 2.37. The number of carbonyl (C=O) groups excluding carboxylic acids is 2. The maximum absolute atomic E-state index is 13.2. The van der Waals surface area contributed by atoms with E-state index in [1.807, 2.05) is 18.2 Å². The summed E-state index contributed by atoms with van der Waals surface area (Å²) >= 11 is 0. The number of phenolic OH excluding ortho intramolecular Hbond substituents is 1. The molecule has 1 aliphatic rings. The number of hydrogen-bond donors (Lipinski definition) is 2. The Morgan fingerprint density at radius 3 is 2.73 bits per heavy atom. The lowest BCUT2D eigenvalue weighted by atomic mass is 10.1. The first-order valence-corrected chi connectivity index (χ1v) is 10.4. The SMILES string of the molecule is COC[C@H]1C(=O)N(Cc2ccc3c(N)ncnc3c2)CCN1C(=O)COc1ccc(O)cc1. The molecule has 3 N–H and O–H groups in total. The number of aromatic hydroxyl groups is 1. The molecule has 1 aliphatic heterocycles. The van der Waals surface area contributed by atoms with E-state index < -0.39 is 6.04 Å². The van der Waals surface area contributed by atoms with Gasteiger partial charge in [-0.15, -0.1) is 0 Å². The minimum absolute atomic E-state index is 0.0851. The van der Waals surface area contributed by atoms with Crippen molar-refractivity contribution in [3.8, 4) is 11.5 Å². The molecule has 1 fully saturated rings. The fourth-order valence-electron chi connectivity index (χ4n) is 3.83. The summed E-state index contributed by atoms with van der Waals surface area (Å²) in [6.45, 7) is 0.991. The van der Waals surface area contributed by atoms with Crippen LogP contribution < -0.4 is 10.5 Å². The first-order valence-electron chi connectivity index (χ1n) is 10.4. The number of hydrogen-bond acceptors (Lipinski definition) is 8. The summed E-state index contributed by atoms with van der Waals surface area (Å²) in [5.74, 6) is 0.469. The molecule has 0 unspecified atom stereocenters. The number of rotatable bonds is 7. The lowest BCUT2D eigenvalue weighted by molar-refractivity contribution is -0.155. The van der Waals surface area contributed by atoms with Crippen LogP contribution in [0.25, 0.3) is 10.9 Å². The molecule has 0 bridgehead atoms. The van der Waals surface area contributed by atoms with Gasteiger partial charge in [0.2, 0.25) is 5.91 Å². The molecule has 2 amide bonds. The summed E-state index contributed by atoms with van der Waals surface area (Å²) in [6.07, 6.45) is 1.41. The molecule has 0 radical (unpaired) electrons. The van der Waals surface area contributed by atoms with Crippen molar-refractivity contribution in [2.75, 3.05) is 39.1 Å². The number of nitrogens with two attached hydrogens (primary N) is 1. The summed E-state index contributed by atoms with van der Waals surface area (Å²) in [4.78, 5) is 37.5. The summed E-state index contributed by atoms with van der Waals surface area (Å²) in [6, 6.07) is 11.0. The highest BCUT2D eigenvalue weighted by atomic mass is 16.5. The number of aromatic nitrogens is 2. The quantitative estimate of drug-likeness (QED) is 0.548. The van der Waals surface area contributed by atoms with Crippen molar-refractivity contribution < 1.29 is 24.2 Å². The zero-order valence-corrected chi connectivity index (χ0v) is 18.2. The molecule has 0 aliphatic carbocycles. The van der Waals surface area contributed by atoms with Gasteiger partial charge in [0.1, 0.15) is 29.7 Å². The molecule has 3 aromatic rings. The zero-order chi connectivity index (χ0) is 23.4. The fourth-order valence-corrected chi connectivity index (χ4v) is 3.83. The van der Waals surface area contributed by atoms with Crippen molar-refractivity contribution in [3.05, 3.63) is 54.4 Å². The van der Waals surface area contributed by atoms with E-state index in [0.717, 1.165) is 10.9 Å². The number of ether oxygens (including phenoxy) is 2. The number of phenols is 1. The smallest absolute Gasteiger partial charge is 0.261 e. The number of nitrogen functional groups attached to an aromatic ring is 1. The molecule has 2 aromatic carbocycles. The molecule has 0 spiro atoms. The normalized spacial score (nSPS) is 16.3. The Kier molecular flexibility index (Phi) is 6.55. The number of fused-ring (bicyclic) bond motifs is 1. The van der Waals surface area contributed by atoms with Gasteiger partial charge in [-0.05, 0) is 42.0 Å². The van der Waals surface area contributed by atoms with Gasteiger partial charge < -0.3 is 30.1 Å². The van der Waals surface area contributed by atoms with Crippen LogP contribution in [-0.2, 0) is 20.9 Å². The van der Waals surface area contributed by atoms with Gasteiger partial charge in [0.05, 0.1) is 12.1 Å². The van der Waals surface area contributed by atoms with Crippen LogP contribution in [0.2, 0.25) is 0 Å². The maximum atomic E-state index is 13.2. The van der Waals surface area contributed by atoms with Gasteiger partial charge in [-0.2, -0.15) is 0 Å². The molecule has 2 heterocycles. The lowest BCUT2D eigenvalue weighted by Crippen LogP contribution is -2.60. The molecule has 172 valence electrons. The van der Waals surface area contributed by atoms with E-state index in [2.05, 4.69) is 9.97 Å². The number of carbonyl (C=O) groups is 2. The van der Waals surface area contributed by atoms with Crippen molar-refractivity contribution in [3.63, 3.8) is 0 Å². The molecule has 0 saturated carbocycles. The van der Waals surface area contributed by atoms with Crippen LogP contribution in [0.3, 0.4) is 0 Å². The standard InChI is InChI=1S/C23H25N5O5/c1-32-12-20-23(31)27(11-15-2-7-18-19(10-15)25-14-26-22(18)24)8-9-28(20)21(30)13-33-17-5-3-16(29)4-6-17/h2-7,10,14,20,29H,8-9,11-13H2,1H3,(H2,24,25,26)/t20-/m0/s1. The van der Waals surface area contributed by atoms with Crippen molar-refractivity contribution in [1.82, 2.24) is 19.8 Å². The number of benzene rings is 2. The van der Waals surface area contributed by atoms with E-state index in [0.29, 0.717) is 36.7 Å². The maximum Gasteiger partial charge on any atom is 0.261 e. The number of piperazine rings is 1. The predicted octanol–water partition coefficient (Wildman–Crippen LogP) is 1.18. The van der Waals surface area contributed by atoms with Crippen molar-refractivity contribution in [1.29, 1.82) is 0 Å². The molecular weight excluding hydrogens is 426 g/mol. The van der Waals surface area contributed by atoms with E-state index in [1.54, 1.807) is 17.0 Å². The molecule has 1 saturated heterocycles. The van der Waals surface area contributed by atoms with Crippen LogP contribution in [0, 0.1) is 0 Å². The van der Waals surface area contributed by atoms with Crippen LogP contribution >= 0.6 is 0 Å². The van der Waals surface area contributed by atoms with Crippen LogP contribution in [0.5, 0.6) is 11.5 Å². The van der Waals surface area contributed by atoms with Crippen LogP contribution in [0.15, 0.2) is 48.8 Å². The van der Waals surface area contributed by atoms with Crippen molar-refractivity contribution in [2.24, 2.45) is 0 Å². The Morgan fingerprint density at radius 2 is 1.97 bits per heavy atom. The third-order valence-corrected chi connectivity index (χ3v) is 5.53. The molecular formula is C23H25N5O5. The monoisotopic (exact) mass is 451 g/mol. The molecule has 4 rings (SSSR count). The Labute approximate surface area is 190 Å². The fraction of sp³-hybridized carbons (Fsp3) is 0.304. The van der Waals surface area contributed by atoms with Crippen molar-refractivity contribution >= 4 is 28.5 Å². The van der Waals surface area contributed by atoms with Crippen molar-refractivity contribution in [2.45, 2.75) is 12.6 Å². The lowest BCUT2D eigenvalue weighted by Gasteiger charge is -2.40.